The Kier molecular flexibility index (Phi) is 4.47. The quantitative estimate of drug-likeness (QED) is 0.937. The van der Waals surface area contributed by atoms with Gasteiger partial charge in [0.15, 0.2) is 0 Å². The molecule has 1 atom stereocenters. The summed E-state index contributed by atoms with van der Waals surface area (Å²) in [6, 6.07) is 14.8. The number of hydrogen-bond acceptors (Lipinski definition) is 4. The van der Waals surface area contributed by atoms with Crippen molar-refractivity contribution in [2.75, 3.05) is 30.4 Å². The van der Waals surface area contributed by atoms with E-state index in [9.17, 15) is 0 Å². The molecule has 4 heteroatoms. The number of rotatable bonds is 4. The van der Waals surface area contributed by atoms with Gasteiger partial charge in [0.05, 0.1) is 7.11 Å². The number of pyridine rings is 1. The molecule has 1 saturated heterocycles. The Morgan fingerprint density at radius 3 is 2.91 bits per heavy atom. The maximum Gasteiger partial charge on any atom is 0.126 e. The minimum absolute atomic E-state index is 0.425. The molecule has 1 aliphatic rings. The van der Waals surface area contributed by atoms with Crippen molar-refractivity contribution in [2.45, 2.75) is 25.8 Å². The molecule has 3 rings (SSSR count). The van der Waals surface area contributed by atoms with Crippen LogP contribution in [0.5, 0.6) is 5.75 Å². The highest BCUT2D eigenvalue weighted by molar-refractivity contribution is 5.51. The van der Waals surface area contributed by atoms with Crippen LogP contribution in [0.15, 0.2) is 42.5 Å². The van der Waals surface area contributed by atoms with Crippen molar-refractivity contribution in [3.63, 3.8) is 0 Å². The van der Waals surface area contributed by atoms with E-state index in [1.807, 2.05) is 37.3 Å². The van der Waals surface area contributed by atoms with Crippen molar-refractivity contribution in [1.82, 2.24) is 4.98 Å². The van der Waals surface area contributed by atoms with E-state index in [1.165, 1.54) is 18.5 Å². The summed E-state index contributed by atoms with van der Waals surface area (Å²) in [5.41, 5.74) is 2.27. The van der Waals surface area contributed by atoms with Gasteiger partial charge < -0.3 is 15.0 Å². The molecular formula is C18H23N3O. The van der Waals surface area contributed by atoms with E-state index >= 15 is 0 Å². The summed E-state index contributed by atoms with van der Waals surface area (Å²) >= 11 is 0. The SMILES string of the molecule is COc1cccc(N2CCCC(Nc3cccc(C)n3)C2)c1. The van der Waals surface area contributed by atoms with Crippen LogP contribution in [-0.2, 0) is 0 Å². The summed E-state index contributed by atoms with van der Waals surface area (Å²) in [5, 5.41) is 3.57. The van der Waals surface area contributed by atoms with Crippen molar-refractivity contribution in [1.29, 1.82) is 0 Å². The van der Waals surface area contributed by atoms with Gasteiger partial charge in [-0.05, 0) is 44.0 Å². The predicted octanol–water partition coefficient (Wildman–Crippen LogP) is 3.48. The van der Waals surface area contributed by atoms with Gasteiger partial charge in [0.25, 0.3) is 0 Å². The van der Waals surface area contributed by atoms with Gasteiger partial charge in [0.2, 0.25) is 0 Å². The second-order valence-electron chi connectivity index (χ2n) is 5.80. The van der Waals surface area contributed by atoms with E-state index in [0.29, 0.717) is 6.04 Å². The molecule has 116 valence electrons. The third kappa shape index (κ3) is 3.50. The standard InChI is InChI=1S/C18H23N3O/c1-14-6-3-10-18(19-14)20-15-7-5-11-21(13-15)16-8-4-9-17(12-16)22-2/h3-4,6,8-10,12,15H,5,7,11,13H2,1-2H3,(H,19,20). The van der Waals surface area contributed by atoms with E-state index < -0.39 is 0 Å². The van der Waals surface area contributed by atoms with E-state index in [4.69, 9.17) is 4.74 Å². The Hall–Kier alpha value is -2.23. The average Bonchev–Trinajstić information content (AvgIpc) is 2.55. The number of nitrogens with zero attached hydrogens (tertiary/aromatic N) is 2. The molecule has 0 radical (unpaired) electrons. The fourth-order valence-electron chi connectivity index (χ4n) is 2.97. The summed E-state index contributed by atoms with van der Waals surface area (Å²) in [7, 11) is 1.71. The summed E-state index contributed by atoms with van der Waals surface area (Å²) in [6.07, 6.45) is 2.36. The van der Waals surface area contributed by atoms with Crippen LogP contribution in [0.2, 0.25) is 0 Å². The molecule has 22 heavy (non-hydrogen) atoms. The molecule has 0 spiro atoms. The van der Waals surface area contributed by atoms with Gasteiger partial charge in [-0.15, -0.1) is 0 Å². The van der Waals surface area contributed by atoms with Crippen molar-refractivity contribution in [3.8, 4) is 5.75 Å². The van der Waals surface area contributed by atoms with Crippen LogP contribution in [-0.4, -0.2) is 31.2 Å². The van der Waals surface area contributed by atoms with Crippen LogP contribution in [0, 0.1) is 6.92 Å². The smallest absolute Gasteiger partial charge is 0.126 e. The molecule has 0 bridgehead atoms. The minimum atomic E-state index is 0.425. The first-order valence-corrected chi connectivity index (χ1v) is 7.84. The van der Waals surface area contributed by atoms with Crippen LogP contribution in [0.25, 0.3) is 0 Å². The van der Waals surface area contributed by atoms with Gasteiger partial charge in [0.1, 0.15) is 11.6 Å². The number of ether oxygens (including phenoxy) is 1. The highest BCUT2D eigenvalue weighted by Gasteiger charge is 2.20. The first kappa shape index (κ1) is 14.7. The van der Waals surface area contributed by atoms with Crippen LogP contribution in [0.4, 0.5) is 11.5 Å². The molecule has 1 aromatic carbocycles. The molecule has 0 amide bonds. The average molecular weight is 297 g/mol. The van der Waals surface area contributed by atoms with Crippen LogP contribution < -0.4 is 15.0 Å². The lowest BCUT2D eigenvalue weighted by Gasteiger charge is -2.35. The maximum atomic E-state index is 5.33. The van der Waals surface area contributed by atoms with Crippen LogP contribution in [0.1, 0.15) is 18.5 Å². The van der Waals surface area contributed by atoms with Crippen molar-refractivity contribution in [3.05, 3.63) is 48.2 Å². The molecule has 4 nitrogen and oxygen atoms in total. The molecule has 1 fully saturated rings. The molecule has 1 aliphatic heterocycles. The zero-order valence-electron chi connectivity index (χ0n) is 13.2. The predicted molar refractivity (Wildman–Crippen MR) is 90.8 cm³/mol. The normalized spacial score (nSPS) is 18.1. The lowest BCUT2D eigenvalue weighted by molar-refractivity contribution is 0.414. The Bertz CT molecular complexity index is 629. The largest absolute Gasteiger partial charge is 0.497 e. The number of anilines is 2. The number of nitrogens with one attached hydrogen (secondary N) is 1. The van der Waals surface area contributed by atoms with Gasteiger partial charge in [-0.2, -0.15) is 0 Å². The molecule has 1 unspecified atom stereocenters. The Morgan fingerprint density at radius 2 is 2.09 bits per heavy atom. The highest BCUT2D eigenvalue weighted by atomic mass is 16.5. The zero-order chi connectivity index (χ0) is 15.4. The first-order chi connectivity index (χ1) is 10.7. The number of benzene rings is 1. The Balaban J connectivity index is 1.68. The van der Waals surface area contributed by atoms with E-state index in [2.05, 4.69) is 27.3 Å². The van der Waals surface area contributed by atoms with Gasteiger partial charge in [-0.3, -0.25) is 0 Å². The van der Waals surface area contributed by atoms with E-state index in [0.717, 1.165) is 30.4 Å². The number of methoxy groups -OCH3 is 1. The second kappa shape index (κ2) is 6.69. The third-order valence-corrected chi connectivity index (χ3v) is 4.08. The van der Waals surface area contributed by atoms with Gasteiger partial charge in [-0.25, -0.2) is 4.98 Å². The first-order valence-electron chi connectivity index (χ1n) is 7.84. The van der Waals surface area contributed by atoms with Gasteiger partial charge in [-0.1, -0.05) is 12.1 Å². The number of aryl methyl sites for hydroxylation is 1. The fourth-order valence-corrected chi connectivity index (χ4v) is 2.97. The molecule has 0 aliphatic carbocycles. The maximum absolute atomic E-state index is 5.33. The summed E-state index contributed by atoms with van der Waals surface area (Å²) in [4.78, 5) is 6.96. The van der Waals surface area contributed by atoms with Crippen molar-refractivity contribution < 1.29 is 4.74 Å². The van der Waals surface area contributed by atoms with E-state index in [1.54, 1.807) is 7.11 Å². The van der Waals surface area contributed by atoms with Gasteiger partial charge >= 0.3 is 0 Å². The molecule has 1 aromatic heterocycles. The van der Waals surface area contributed by atoms with Crippen molar-refractivity contribution >= 4 is 11.5 Å². The molecule has 2 aromatic rings. The van der Waals surface area contributed by atoms with Crippen molar-refractivity contribution in [2.24, 2.45) is 0 Å². The zero-order valence-corrected chi connectivity index (χ0v) is 13.2. The topological polar surface area (TPSA) is 37.4 Å². The summed E-state index contributed by atoms with van der Waals surface area (Å²) < 4.78 is 5.33. The van der Waals surface area contributed by atoms with Gasteiger partial charge in [0, 0.05) is 36.6 Å². The second-order valence-corrected chi connectivity index (χ2v) is 5.80. The number of aromatic nitrogens is 1. The highest BCUT2D eigenvalue weighted by Crippen LogP contribution is 2.25. The molecule has 0 saturated carbocycles. The van der Waals surface area contributed by atoms with Crippen LogP contribution in [0.3, 0.4) is 0 Å². The Morgan fingerprint density at radius 1 is 1.23 bits per heavy atom. The number of piperidine rings is 1. The molecular weight excluding hydrogens is 274 g/mol. The van der Waals surface area contributed by atoms with Crippen LogP contribution >= 0.6 is 0 Å². The third-order valence-electron chi connectivity index (χ3n) is 4.08. The molecule has 2 heterocycles. The monoisotopic (exact) mass is 297 g/mol. The lowest BCUT2D eigenvalue weighted by atomic mass is 10.0. The summed E-state index contributed by atoms with van der Waals surface area (Å²) in [6.45, 7) is 4.10. The Labute approximate surface area is 132 Å². The number of hydrogen-bond donors (Lipinski definition) is 1. The fraction of sp³-hybridized carbons (Fsp3) is 0.389. The van der Waals surface area contributed by atoms with E-state index in [-0.39, 0.29) is 0 Å². The lowest BCUT2D eigenvalue weighted by Crippen LogP contribution is -2.42. The summed E-state index contributed by atoms with van der Waals surface area (Å²) in [5.74, 6) is 1.88. The molecule has 1 N–H and O–H groups in total. The minimum Gasteiger partial charge on any atom is -0.497 e.